The molecule has 3 aliphatic rings. The zero-order valence-corrected chi connectivity index (χ0v) is 23.1. The van der Waals surface area contributed by atoms with Crippen LogP contribution in [0.4, 0.5) is 0 Å². The topological polar surface area (TPSA) is 90.8 Å². The number of amides is 2. The average Bonchev–Trinajstić information content (AvgIpc) is 3.77. The number of fused-ring (bicyclic) bond motifs is 1. The molecular weight excluding hydrogens is 522 g/mol. The van der Waals surface area contributed by atoms with Gasteiger partial charge in [-0.15, -0.1) is 11.3 Å². The van der Waals surface area contributed by atoms with Crippen LogP contribution < -0.4 is 0 Å². The van der Waals surface area contributed by atoms with Crippen LogP contribution in [-0.2, 0) is 22.6 Å². The Morgan fingerprint density at radius 1 is 1.15 bits per heavy atom. The number of rotatable bonds is 8. The molecule has 3 aromatic rings. The Hall–Kier alpha value is -3.88. The number of hydrogen-bond donors (Lipinski definition) is 1. The van der Waals surface area contributed by atoms with Gasteiger partial charge in [-0.25, -0.2) is 4.98 Å². The van der Waals surface area contributed by atoms with Crippen LogP contribution in [0, 0.1) is 6.92 Å². The standard InChI is InChI=1S/C32H31N3O4S/c1-20-30(40-19-33-20)23-13-10-21(11-14-23)12-15-28(37)27-16-25(36)18-34(27)32(39)29(22-6-2-3-7-22)35-17-24-8-4-5-9-26(24)31(35)38/h2-6,8-11,13-14,19,25,27,29,36H,7,12,15-18H2,1H3/t25-,27+,29+/m1/s1. The number of carbonyl (C=O) groups excluding carboxylic acids is 3. The lowest BCUT2D eigenvalue weighted by Gasteiger charge is -2.33. The fraction of sp³-hybridized carbons (Fsp3) is 0.312. The van der Waals surface area contributed by atoms with E-state index in [-0.39, 0.29) is 37.0 Å². The molecule has 3 atom stereocenters. The highest BCUT2D eigenvalue weighted by molar-refractivity contribution is 7.13. The number of aryl methyl sites for hydroxylation is 2. The number of β-amino-alcohol motifs (C(OH)–C–C–N with tert-alkyl or cyclic N) is 1. The van der Waals surface area contributed by atoms with Gasteiger partial charge in [0, 0.05) is 31.5 Å². The van der Waals surface area contributed by atoms with Gasteiger partial charge in [0.2, 0.25) is 5.91 Å². The first-order valence-corrected chi connectivity index (χ1v) is 14.5. The fourth-order valence-electron chi connectivity index (χ4n) is 6.00. The number of ketones is 1. The molecule has 1 saturated heterocycles. The predicted molar refractivity (Wildman–Crippen MR) is 154 cm³/mol. The van der Waals surface area contributed by atoms with Crippen molar-refractivity contribution in [3.63, 3.8) is 0 Å². The zero-order chi connectivity index (χ0) is 27.8. The lowest BCUT2D eigenvalue weighted by molar-refractivity contribution is -0.140. The van der Waals surface area contributed by atoms with E-state index in [1.165, 1.54) is 4.90 Å². The molecule has 40 heavy (non-hydrogen) atoms. The van der Waals surface area contributed by atoms with Crippen molar-refractivity contribution in [2.75, 3.05) is 6.54 Å². The number of hydrogen-bond acceptors (Lipinski definition) is 6. The number of benzene rings is 2. The number of allylic oxidation sites excluding steroid dienone is 3. The van der Waals surface area contributed by atoms with Gasteiger partial charge in [-0.05, 0) is 48.1 Å². The van der Waals surface area contributed by atoms with Crippen molar-refractivity contribution in [1.82, 2.24) is 14.8 Å². The largest absolute Gasteiger partial charge is 0.391 e. The predicted octanol–water partition coefficient (Wildman–Crippen LogP) is 4.49. The Kier molecular flexibility index (Phi) is 7.21. The lowest BCUT2D eigenvalue weighted by Crippen LogP contribution is -2.52. The molecule has 2 amide bonds. The maximum absolute atomic E-state index is 14.1. The number of likely N-dealkylation sites (tertiary alicyclic amines) is 1. The Labute approximate surface area is 237 Å². The number of carbonyl (C=O) groups is 3. The number of nitrogens with zero attached hydrogens (tertiary/aromatic N) is 3. The second-order valence-electron chi connectivity index (χ2n) is 10.7. The van der Waals surface area contributed by atoms with Crippen LogP contribution in [0.5, 0.6) is 0 Å². The minimum Gasteiger partial charge on any atom is -0.391 e. The maximum Gasteiger partial charge on any atom is 0.255 e. The molecule has 0 bridgehead atoms. The average molecular weight is 554 g/mol. The van der Waals surface area contributed by atoms with E-state index in [1.54, 1.807) is 22.3 Å². The monoisotopic (exact) mass is 553 g/mol. The summed E-state index contributed by atoms with van der Waals surface area (Å²) in [4.78, 5) is 49.5. The Morgan fingerprint density at radius 2 is 1.95 bits per heavy atom. The van der Waals surface area contributed by atoms with E-state index < -0.39 is 18.2 Å². The third-order valence-electron chi connectivity index (χ3n) is 8.10. The van der Waals surface area contributed by atoms with Gasteiger partial charge in [0.1, 0.15) is 6.04 Å². The molecule has 7 nitrogen and oxygen atoms in total. The highest BCUT2D eigenvalue weighted by Gasteiger charge is 2.45. The summed E-state index contributed by atoms with van der Waals surface area (Å²) in [7, 11) is 0. The molecule has 2 aromatic carbocycles. The maximum atomic E-state index is 14.1. The van der Waals surface area contributed by atoms with Crippen molar-refractivity contribution in [2.45, 2.75) is 57.3 Å². The molecule has 8 heteroatoms. The van der Waals surface area contributed by atoms with Crippen molar-refractivity contribution < 1.29 is 19.5 Å². The van der Waals surface area contributed by atoms with Crippen LogP contribution in [0.3, 0.4) is 0 Å². The Morgan fingerprint density at radius 3 is 2.65 bits per heavy atom. The molecule has 1 aromatic heterocycles. The van der Waals surface area contributed by atoms with Crippen LogP contribution in [0.2, 0.25) is 0 Å². The Balaban J connectivity index is 1.17. The van der Waals surface area contributed by atoms with E-state index >= 15 is 0 Å². The number of aliphatic hydroxyl groups is 1. The van der Waals surface area contributed by atoms with E-state index in [2.05, 4.69) is 17.1 Å². The number of Topliss-reactive ketones (excluding diaryl/α,β-unsaturated/α-hetero) is 1. The highest BCUT2D eigenvalue weighted by atomic mass is 32.1. The third-order valence-corrected chi connectivity index (χ3v) is 9.08. The van der Waals surface area contributed by atoms with E-state index in [0.29, 0.717) is 24.9 Å². The molecule has 204 valence electrons. The molecule has 0 unspecified atom stereocenters. The summed E-state index contributed by atoms with van der Waals surface area (Å²) in [5.74, 6) is -0.544. The van der Waals surface area contributed by atoms with Gasteiger partial charge < -0.3 is 14.9 Å². The van der Waals surface area contributed by atoms with Gasteiger partial charge in [-0.2, -0.15) is 0 Å². The van der Waals surface area contributed by atoms with E-state index in [0.717, 1.165) is 32.8 Å². The summed E-state index contributed by atoms with van der Waals surface area (Å²) in [5.41, 5.74) is 7.31. The van der Waals surface area contributed by atoms with E-state index in [9.17, 15) is 19.5 Å². The molecule has 0 saturated carbocycles. The normalized spacial score (nSPS) is 20.6. The summed E-state index contributed by atoms with van der Waals surface area (Å²) >= 11 is 1.60. The molecule has 2 aliphatic heterocycles. The van der Waals surface area contributed by atoms with Gasteiger partial charge in [-0.3, -0.25) is 14.4 Å². The molecule has 6 rings (SSSR count). The van der Waals surface area contributed by atoms with E-state index in [4.69, 9.17) is 0 Å². The Bertz CT molecular complexity index is 1520. The number of thiazole rings is 1. The van der Waals surface area contributed by atoms with Crippen molar-refractivity contribution >= 4 is 28.9 Å². The molecular formula is C32H31N3O4S. The van der Waals surface area contributed by atoms with Gasteiger partial charge in [-0.1, -0.05) is 60.7 Å². The molecule has 1 aliphatic carbocycles. The fourth-order valence-corrected chi connectivity index (χ4v) is 6.81. The SMILES string of the molecule is Cc1ncsc1-c1ccc(CCC(=O)[C@@H]2C[C@@H](O)CN2C(=O)[C@H](C2=CC=CC2)N2Cc3ccccc3C2=O)cc1. The van der Waals surface area contributed by atoms with Crippen LogP contribution in [0.15, 0.2) is 77.8 Å². The van der Waals surface area contributed by atoms with Crippen LogP contribution >= 0.6 is 11.3 Å². The van der Waals surface area contributed by atoms with Gasteiger partial charge in [0.25, 0.3) is 5.91 Å². The summed E-state index contributed by atoms with van der Waals surface area (Å²) in [6.45, 7) is 2.42. The zero-order valence-electron chi connectivity index (χ0n) is 22.3. The molecule has 0 radical (unpaired) electrons. The second-order valence-corrected chi connectivity index (χ2v) is 11.5. The lowest BCUT2D eigenvalue weighted by atomic mass is 9.98. The van der Waals surface area contributed by atoms with Crippen molar-refractivity contribution in [2.24, 2.45) is 0 Å². The number of aromatic nitrogens is 1. The van der Waals surface area contributed by atoms with Gasteiger partial charge in [0.15, 0.2) is 5.78 Å². The minimum atomic E-state index is -0.807. The molecule has 3 heterocycles. The van der Waals surface area contributed by atoms with Crippen LogP contribution in [0.1, 0.15) is 46.4 Å². The minimum absolute atomic E-state index is 0.0689. The van der Waals surface area contributed by atoms with Crippen molar-refractivity contribution in [3.8, 4) is 10.4 Å². The molecule has 0 spiro atoms. The first-order valence-electron chi connectivity index (χ1n) is 13.7. The quantitative estimate of drug-likeness (QED) is 0.444. The first-order chi connectivity index (χ1) is 19.4. The molecule has 1 N–H and O–H groups in total. The van der Waals surface area contributed by atoms with Crippen LogP contribution in [0.25, 0.3) is 10.4 Å². The summed E-state index contributed by atoms with van der Waals surface area (Å²) in [5, 5.41) is 10.5. The van der Waals surface area contributed by atoms with Crippen molar-refractivity contribution in [3.05, 3.63) is 100 Å². The highest BCUT2D eigenvalue weighted by Crippen LogP contribution is 2.33. The molecule has 1 fully saturated rings. The third kappa shape index (κ3) is 4.93. The van der Waals surface area contributed by atoms with E-state index in [1.807, 2.05) is 61.0 Å². The first kappa shape index (κ1) is 26.3. The second kappa shape index (κ2) is 10.9. The number of aliphatic hydroxyl groups excluding tert-OH is 1. The summed E-state index contributed by atoms with van der Waals surface area (Å²) in [6.07, 6.45) is 6.58. The summed E-state index contributed by atoms with van der Waals surface area (Å²) in [6, 6.07) is 14.1. The van der Waals surface area contributed by atoms with Crippen molar-refractivity contribution in [1.29, 1.82) is 0 Å². The van der Waals surface area contributed by atoms with Gasteiger partial charge in [0.05, 0.1) is 28.2 Å². The summed E-state index contributed by atoms with van der Waals surface area (Å²) < 4.78 is 0. The van der Waals surface area contributed by atoms with Crippen LogP contribution in [-0.4, -0.2) is 62.2 Å². The van der Waals surface area contributed by atoms with Gasteiger partial charge >= 0.3 is 0 Å². The smallest absolute Gasteiger partial charge is 0.255 e.